The molecule has 1 unspecified atom stereocenters. The van der Waals surface area contributed by atoms with Gasteiger partial charge in [0.15, 0.2) is 0 Å². The molecule has 0 aliphatic heterocycles. The Hall–Kier alpha value is -0.260. The van der Waals surface area contributed by atoms with Gasteiger partial charge in [0.05, 0.1) is 0 Å². The molecule has 0 bridgehead atoms. The van der Waals surface area contributed by atoms with Gasteiger partial charge >= 0.3 is 0 Å². The van der Waals surface area contributed by atoms with Crippen molar-refractivity contribution in [2.45, 2.75) is 58.3 Å². The summed E-state index contributed by atoms with van der Waals surface area (Å²) in [5, 5.41) is 0. The Balaban J connectivity index is 1.46. The van der Waals surface area contributed by atoms with E-state index in [9.17, 15) is 0 Å². The summed E-state index contributed by atoms with van der Waals surface area (Å²) >= 11 is 0. The zero-order chi connectivity index (χ0) is 9.65. The SMILES string of the molecule is CCC1(C=CCC2CC23CCC3)CC1. The van der Waals surface area contributed by atoms with Crippen LogP contribution in [-0.4, -0.2) is 0 Å². The summed E-state index contributed by atoms with van der Waals surface area (Å²) in [4.78, 5) is 0. The molecule has 3 saturated carbocycles. The van der Waals surface area contributed by atoms with Crippen LogP contribution in [0.25, 0.3) is 0 Å². The molecule has 0 aromatic rings. The van der Waals surface area contributed by atoms with Gasteiger partial charge in [0.1, 0.15) is 0 Å². The van der Waals surface area contributed by atoms with Crippen LogP contribution in [0.2, 0.25) is 0 Å². The van der Waals surface area contributed by atoms with Gasteiger partial charge in [-0.15, -0.1) is 0 Å². The van der Waals surface area contributed by atoms with Crippen molar-refractivity contribution in [3.05, 3.63) is 12.2 Å². The lowest BCUT2D eigenvalue weighted by Gasteiger charge is -2.26. The van der Waals surface area contributed by atoms with Crippen LogP contribution in [0.1, 0.15) is 58.3 Å². The van der Waals surface area contributed by atoms with Crippen molar-refractivity contribution in [1.82, 2.24) is 0 Å². The van der Waals surface area contributed by atoms with E-state index in [1.165, 1.54) is 32.1 Å². The third-order valence-electron chi connectivity index (χ3n) is 5.20. The molecule has 0 aromatic heterocycles. The van der Waals surface area contributed by atoms with Gasteiger partial charge in [-0.2, -0.15) is 0 Å². The standard InChI is InChI=1S/C14H22/c1-2-13(9-10-13)6-3-5-12-11-14(12)7-4-8-14/h3,6,12H,2,4-5,7-11H2,1H3. The lowest BCUT2D eigenvalue weighted by molar-refractivity contribution is 0.259. The fourth-order valence-corrected chi connectivity index (χ4v) is 3.29. The summed E-state index contributed by atoms with van der Waals surface area (Å²) < 4.78 is 0. The first-order valence-corrected chi connectivity index (χ1v) is 6.46. The van der Waals surface area contributed by atoms with Crippen molar-refractivity contribution in [2.24, 2.45) is 16.7 Å². The minimum absolute atomic E-state index is 0.668. The summed E-state index contributed by atoms with van der Waals surface area (Å²) in [5.74, 6) is 1.08. The molecule has 0 saturated heterocycles. The van der Waals surface area contributed by atoms with Crippen LogP contribution in [0.15, 0.2) is 12.2 Å². The molecule has 78 valence electrons. The van der Waals surface area contributed by atoms with Crippen LogP contribution in [0.4, 0.5) is 0 Å². The molecule has 1 spiro atoms. The fourth-order valence-electron chi connectivity index (χ4n) is 3.29. The summed E-state index contributed by atoms with van der Waals surface area (Å²) in [6.07, 6.45) is 16.9. The van der Waals surface area contributed by atoms with E-state index < -0.39 is 0 Å². The minimum atomic E-state index is 0.668. The van der Waals surface area contributed by atoms with E-state index in [2.05, 4.69) is 19.1 Å². The Morgan fingerprint density at radius 1 is 1.21 bits per heavy atom. The Labute approximate surface area is 87.8 Å². The third-order valence-corrected chi connectivity index (χ3v) is 5.20. The van der Waals surface area contributed by atoms with Gasteiger partial charge in [0.25, 0.3) is 0 Å². The van der Waals surface area contributed by atoms with Crippen molar-refractivity contribution >= 4 is 0 Å². The summed E-state index contributed by atoms with van der Waals surface area (Å²) in [5.41, 5.74) is 1.55. The van der Waals surface area contributed by atoms with E-state index in [1.54, 1.807) is 19.3 Å². The molecule has 0 radical (unpaired) electrons. The second-order valence-electron chi connectivity index (χ2n) is 5.97. The van der Waals surface area contributed by atoms with Crippen LogP contribution in [0.3, 0.4) is 0 Å². The molecule has 3 fully saturated rings. The van der Waals surface area contributed by atoms with Gasteiger partial charge in [-0.1, -0.05) is 25.5 Å². The normalized spacial score (nSPS) is 35.9. The lowest BCUT2D eigenvalue weighted by atomic mass is 9.79. The predicted molar refractivity (Wildman–Crippen MR) is 60.1 cm³/mol. The topological polar surface area (TPSA) is 0 Å². The monoisotopic (exact) mass is 190 g/mol. The molecule has 0 amide bonds. The first kappa shape index (κ1) is 9.00. The average Bonchev–Trinajstić information content (AvgIpc) is 2.96. The maximum absolute atomic E-state index is 2.54. The molecule has 0 aromatic carbocycles. The summed E-state index contributed by atoms with van der Waals surface area (Å²) in [6, 6.07) is 0. The van der Waals surface area contributed by atoms with E-state index >= 15 is 0 Å². The molecule has 1 atom stereocenters. The van der Waals surface area contributed by atoms with Gasteiger partial charge in [0.2, 0.25) is 0 Å². The number of rotatable bonds is 4. The first-order valence-electron chi connectivity index (χ1n) is 6.46. The summed E-state index contributed by atoms with van der Waals surface area (Å²) in [7, 11) is 0. The maximum Gasteiger partial charge on any atom is -0.0120 e. The first-order chi connectivity index (χ1) is 6.79. The lowest BCUT2D eigenvalue weighted by Crippen LogP contribution is -2.14. The molecular weight excluding hydrogens is 168 g/mol. The van der Waals surface area contributed by atoms with Gasteiger partial charge in [-0.25, -0.2) is 0 Å². The second kappa shape index (κ2) is 2.87. The van der Waals surface area contributed by atoms with E-state index in [4.69, 9.17) is 0 Å². The fraction of sp³-hybridized carbons (Fsp3) is 0.857. The number of allylic oxidation sites excluding steroid dienone is 2. The number of hydrogen-bond acceptors (Lipinski definition) is 0. The van der Waals surface area contributed by atoms with Crippen LogP contribution in [-0.2, 0) is 0 Å². The quantitative estimate of drug-likeness (QED) is 0.579. The summed E-state index contributed by atoms with van der Waals surface area (Å²) in [6.45, 7) is 2.34. The molecule has 0 nitrogen and oxygen atoms in total. The zero-order valence-electron chi connectivity index (χ0n) is 9.39. The van der Waals surface area contributed by atoms with Gasteiger partial charge < -0.3 is 0 Å². The average molecular weight is 190 g/mol. The Morgan fingerprint density at radius 2 is 2.00 bits per heavy atom. The maximum atomic E-state index is 2.54. The van der Waals surface area contributed by atoms with Crippen molar-refractivity contribution in [2.75, 3.05) is 0 Å². The molecule has 3 aliphatic carbocycles. The van der Waals surface area contributed by atoms with Crippen LogP contribution < -0.4 is 0 Å². The highest BCUT2D eigenvalue weighted by atomic mass is 14.6. The molecule has 0 heterocycles. The molecule has 3 rings (SSSR count). The molecular formula is C14H22. The zero-order valence-corrected chi connectivity index (χ0v) is 9.39. The van der Waals surface area contributed by atoms with E-state index in [-0.39, 0.29) is 0 Å². The Kier molecular flexibility index (Phi) is 1.84. The van der Waals surface area contributed by atoms with E-state index in [0.717, 1.165) is 11.3 Å². The van der Waals surface area contributed by atoms with Gasteiger partial charge in [-0.05, 0) is 61.7 Å². The van der Waals surface area contributed by atoms with Crippen LogP contribution in [0, 0.1) is 16.7 Å². The highest BCUT2D eigenvalue weighted by Crippen LogP contribution is 2.66. The second-order valence-corrected chi connectivity index (χ2v) is 5.97. The Morgan fingerprint density at radius 3 is 2.43 bits per heavy atom. The largest absolute Gasteiger partial charge is 0.0877 e. The van der Waals surface area contributed by atoms with Crippen molar-refractivity contribution in [3.63, 3.8) is 0 Å². The van der Waals surface area contributed by atoms with Gasteiger partial charge in [0, 0.05) is 0 Å². The van der Waals surface area contributed by atoms with E-state index in [1.807, 2.05) is 0 Å². The van der Waals surface area contributed by atoms with Crippen LogP contribution in [0.5, 0.6) is 0 Å². The third kappa shape index (κ3) is 1.34. The minimum Gasteiger partial charge on any atom is -0.0877 e. The molecule has 14 heavy (non-hydrogen) atoms. The molecule has 0 N–H and O–H groups in total. The Bertz CT molecular complexity index is 253. The molecule has 3 aliphatic rings. The van der Waals surface area contributed by atoms with Crippen molar-refractivity contribution in [3.8, 4) is 0 Å². The highest BCUT2D eigenvalue weighted by Gasteiger charge is 2.56. The van der Waals surface area contributed by atoms with E-state index in [0.29, 0.717) is 5.41 Å². The van der Waals surface area contributed by atoms with Crippen molar-refractivity contribution < 1.29 is 0 Å². The molecule has 0 heteroatoms. The predicted octanol–water partition coefficient (Wildman–Crippen LogP) is 4.31. The number of hydrogen-bond donors (Lipinski definition) is 0. The smallest absolute Gasteiger partial charge is 0.0120 e. The van der Waals surface area contributed by atoms with Crippen molar-refractivity contribution in [1.29, 1.82) is 0 Å². The van der Waals surface area contributed by atoms with Crippen LogP contribution >= 0.6 is 0 Å². The van der Waals surface area contributed by atoms with Gasteiger partial charge in [-0.3, -0.25) is 0 Å². The highest BCUT2D eigenvalue weighted by molar-refractivity contribution is 5.13.